The molecule has 0 radical (unpaired) electrons. The average molecular weight is 362 g/mol. The van der Waals surface area contributed by atoms with Crippen LogP contribution in [0.4, 0.5) is 11.4 Å². The lowest BCUT2D eigenvalue weighted by Crippen LogP contribution is -2.23. The minimum Gasteiger partial charge on any atom is -0.492 e. The lowest BCUT2D eigenvalue weighted by molar-refractivity contribution is 0.315. The van der Waals surface area contributed by atoms with E-state index in [2.05, 4.69) is 19.7 Å². The summed E-state index contributed by atoms with van der Waals surface area (Å²) >= 11 is 0. The molecule has 0 saturated heterocycles. The average Bonchev–Trinajstić information content (AvgIpc) is 3.01. The Morgan fingerprint density at radius 2 is 1.84 bits per heavy atom. The fourth-order valence-electron chi connectivity index (χ4n) is 2.28. The Hall–Kier alpha value is -2.81. The van der Waals surface area contributed by atoms with Crippen LogP contribution in [0.5, 0.6) is 5.75 Å². The first-order chi connectivity index (χ1) is 11.9. The Bertz CT molecular complexity index is 954. The third-order valence-electron chi connectivity index (χ3n) is 3.53. The lowest BCUT2D eigenvalue weighted by atomic mass is 10.2. The number of nitrogens with one attached hydrogen (secondary N) is 1. The van der Waals surface area contributed by atoms with E-state index in [-0.39, 0.29) is 0 Å². The maximum absolute atomic E-state index is 11.2. The summed E-state index contributed by atoms with van der Waals surface area (Å²) in [6.07, 6.45) is 1.12. The van der Waals surface area contributed by atoms with Crippen LogP contribution in [0.1, 0.15) is 0 Å². The molecule has 0 bridgehead atoms. The second-order valence-corrected chi connectivity index (χ2v) is 7.35. The zero-order valence-corrected chi connectivity index (χ0v) is 14.7. The van der Waals surface area contributed by atoms with Gasteiger partial charge >= 0.3 is 0 Å². The predicted octanol–water partition coefficient (Wildman–Crippen LogP) is 2.11. The van der Waals surface area contributed by atoms with Gasteiger partial charge in [-0.2, -0.15) is 0 Å². The van der Waals surface area contributed by atoms with E-state index in [1.54, 1.807) is 24.3 Å². The van der Waals surface area contributed by atoms with Gasteiger partial charge in [0.05, 0.1) is 12.8 Å². The van der Waals surface area contributed by atoms with Gasteiger partial charge in [0.25, 0.3) is 0 Å². The fraction of sp³-hybridized carbons (Fsp3) is 0.250. The van der Waals surface area contributed by atoms with Gasteiger partial charge in [0.1, 0.15) is 23.4 Å². The molecular formula is C16H18N4O4S. The molecule has 132 valence electrons. The van der Waals surface area contributed by atoms with Crippen molar-refractivity contribution >= 4 is 32.4 Å². The molecule has 8 nitrogen and oxygen atoms in total. The van der Waals surface area contributed by atoms with E-state index in [1.807, 2.05) is 30.1 Å². The lowest BCUT2D eigenvalue weighted by Gasteiger charge is -2.20. The van der Waals surface area contributed by atoms with Gasteiger partial charge in [-0.15, -0.1) is 0 Å². The number of ether oxygens (including phenoxy) is 1. The summed E-state index contributed by atoms with van der Waals surface area (Å²) in [6.45, 7) is 1.14. The minimum absolute atomic E-state index is 0.483. The second-order valence-electron chi connectivity index (χ2n) is 5.61. The van der Waals surface area contributed by atoms with E-state index in [0.29, 0.717) is 35.6 Å². The van der Waals surface area contributed by atoms with E-state index >= 15 is 0 Å². The predicted molar refractivity (Wildman–Crippen MR) is 95.5 cm³/mol. The van der Waals surface area contributed by atoms with Gasteiger partial charge in [0.15, 0.2) is 0 Å². The Morgan fingerprint density at radius 3 is 2.56 bits per heavy atom. The highest BCUT2D eigenvalue weighted by molar-refractivity contribution is 7.92. The number of hydrogen-bond acceptors (Lipinski definition) is 7. The molecule has 1 aromatic heterocycles. The number of likely N-dealkylation sites (N-methyl/N-ethyl adjacent to an activating group) is 1. The molecule has 3 rings (SSSR count). The molecule has 0 aliphatic heterocycles. The Balaban J connectivity index is 1.54. The van der Waals surface area contributed by atoms with Crippen LogP contribution in [0.15, 0.2) is 47.1 Å². The molecule has 1 heterocycles. The third-order valence-corrected chi connectivity index (χ3v) is 4.14. The summed E-state index contributed by atoms with van der Waals surface area (Å²) < 4.78 is 35.2. The van der Waals surface area contributed by atoms with Crippen molar-refractivity contribution in [1.29, 1.82) is 0 Å². The van der Waals surface area contributed by atoms with E-state index in [9.17, 15) is 8.42 Å². The standard InChI is InChI=1S/C16H18N4O4S/c1-20(13-5-3-12(4-6-13)19-25(2,21)22)9-10-23-14-7-8-15-16(11-14)18-24-17-15/h3-8,11,19H,9-10H2,1-2H3. The van der Waals surface area contributed by atoms with E-state index in [4.69, 9.17) is 4.74 Å². The maximum Gasteiger partial charge on any atom is 0.229 e. The molecule has 0 aliphatic carbocycles. The molecule has 0 fully saturated rings. The molecule has 3 aromatic rings. The van der Waals surface area contributed by atoms with Gasteiger partial charge in [-0.05, 0) is 46.7 Å². The number of anilines is 2. The van der Waals surface area contributed by atoms with Gasteiger partial charge in [-0.3, -0.25) is 4.72 Å². The van der Waals surface area contributed by atoms with E-state index in [1.165, 1.54) is 0 Å². The number of aromatic nitrogens is 2. The maximum atomic E-state index is 11.2. The van der Waals surface area contributed by atoms with Gasteiger partial charge < -0.3 is 9.64 Å². The van der Waals surface area contributed by atoms with Crippen LogP contribution in [0.3, 0.4) is 0 Å². The summed E-state index contributed by atoms with van der Waals surface area (Å²) in [6, 6.07) is 12.5. The summed E-state index contributed by atoms with van der Waals surface area (Å²) in [5.41, 5.74) is 2.83. The highest BCUT2D eigenvalue weighted by atomic mass is 32.2. The van der Waals surface area contributed by atoms with Gasteiger partial charge in [0.2, 0.25) is 10.0 Å². The summed E-state index contributed by atoms with van der Waals surface area (Å²) in [4.78, 5) is 2.01. The molecule has 0 amide bonds. The van der Waals surface area contributed by atoms with Crippen molar-refractivity contribution in [3.05, 3.63) is 42.5 Å². The number of sulfonamides is 1. The molecule has 1 N–H and O–H groups in total. The summed E-state index contributed by atoms with van der Waals surface area (Å²) in [5, 5.41) is 7.52. The number of rotatable bonds is 7. The first-order valence-corrected chi connectivity index (χ1v) is 9.44. The molecule has 9 heteroatoms. The van der Waals surface area contributed by atoms with Crippen molar-refractivity contribution in [3.63, 3.8) is 0 Å². The van der Waals surface area contributed by atoms with Crippen LogP contribution < -0.4 is 14.4 Å². The highest BCUT2D eigenvalue weighted by Gasteiger charge is 2.06. The zero-order valence-electron chi connectivity index (χ0n) is 13.8. The zero-order chi connectivity index (χ0) is 17.9. The normalized spacial score (nSPS) is 11.4. The molecule has 0 atom stereocenters. The molecule has 25 heavy (non-hydrogen) atoms. The Morgan fingerprint density at radius 1 is 1.12 bits per heavy atom. The summed E-state index contributed by atoms with van der Waals surface area (Å²) in [7, 11) is -1.33. The monoisotopic (exact) mass is 362 g/mol. The quantitative estimate of drug-likeness (QED) is 0.687. The SMILES string of the molecule is CN(CCOc1ccc2nonc2c1)c1ccc(NS(C)(=O)=O)cc1. The second kappa shape index (κ2) is 6.98. The van der Waals surface area contributed by atoms with Crippen molar-refractivity contribution in [2.24, 2.45) is 0 Å². The molecule has 0 spiro atoms. The van der Waals surface area contributed by atoms with Crippen LogP contribution in [-0.2, 0) is 10.0 Å². The Labute approximate surface area is 145 Å². The third kappa shape index (κ3) is 4.60. The van der Waals surface area contributed by atoms with Crippen LogP contribution in [0, 0.1) is 0 Å². The first-order valence-electron chi connectivity index (χ1n) is 7.55. The van der Waals surface area contributed by atoms with Crippen molar-refractivity contribution in [1.82, 2.24) is 10.3 Å². The number of benzene rings is 2. The number of nitrogens with zero attached hydrogens (tertiary/aromatic N) is 3. The van der Waals surface area contributed by atoms with Gasteiger partial charge in [-0.1, -0.05) is 0 Å². The molecule has 0 aliphatic rings. The molecule has 0 saturated carbocycles. The highest BCUT2D eigenvalue weighted by Crippen LogP contribution is 2.19. The van der Waals surface area contributed by atoms with Crippen LogP contribution in [-0.4, -0.2) is 45.2 Å². The van der Waals surface area contributed by atoms with Crippen LogP contribution >= 0.6 is 0 Å². The van der Waals surface area contributed by atoms with Gasteiger partial charge in [0, 0.05) is 24.5 Å². The smallest absolute Gasteiger partial charge is 0.229 e. The topological polar surface area (TPSA) is 97.6 Å². The molecule has 2 aromatic carbocycles. The van der Waals surface area contributed by atoms with Crippen LogP contribution in [0.25, 0.3) is 11.0 Å². The minimum atomic E-state index is -3.27. The number of fused-ring (bicyclic) bond motifs is 1. The van der Waals surface area contributed by atoms with Crippen LogP contribution in [0.2, 0.25) is 0 Å². The number of hydrogen-bond donors (Lipinski definition) is 1. The van der Waals surface area contributed by atoms with E-state index in [0.717, 1.165) is 11.9 Å². The van der Waals surface area contributed by atoms with Crippen molar-refractivity contribution in [3.8, 4) is 5.75 Å². The van der Waals surface area contributed by atoms with Gasteiger partial charge in [-0.25, -0.2) is 13.0 Å². The van der Waals surface area contributed by atoms with Crippen molar-refractivity contribution < 1.29 is 17.8 Å². The van der Waals surface area contributed by atoms with Crippen molar-refractivity contribution in [2.75, 3.05) is 36.1 Å². The fourth-order valence-corrected chi connectivity index (χ4v) is 2.84. The first kappa shape index (κ1) is 17.0. The molecular weight excluding hydrogens is 344 g/mol. The summed E-state index contributed by atoms with van der Waals surface area (Å²) in [5.74, 6) is 0.698. The van der Waals surface area contributed by atoms with E-state index < -0.39 is 10.0 Å². The Kier molecular flexibility index (Phi) is 4.75. The molecule has 0 unspecified atom stereocenters. The largest absolute Gasteiger partial charge is 0.492 e. The van der Waals surface area contributed by atoms with Crippen molar-refractivity contribution in [2.45, 2.75) is 0 Å².